The predicted octanol–water partition coefficient (Wildman–Crippen LogP) is 3.38. The molecule has 1 fully saturated rings. The number of hydrogen-bond donors (Lipinski definition) is 3. The molecule has 4 rings (SSSR count). The van der Waals surface area contributed by atoms with Crippen LogP contribution in [0.5, 0.6) is 0 Å². The van der Waals surface area contributed by atoms with E-state index in [9.17, 15) is 14.7 Å². The molecule has 2 aromatic carbocycles. The van der Waals surface area contributed by atoms with Gasteiger partial charge in [-0.1, -0.05) is 17.7 Å². The van der Waals surface area contributed by atoms with Crippen LogP contribution in [0.3, 0.4) is 0 Å². The lowest BCUT2D eigenvalue weighted by Crippen LogP contribution is -2.33. The zero-order valence-electron chi connectivity index (χ0n) is 14.4. The summed E-state index contributed by atoms with van der Waals surface area (Å²) in [5.41, 5.74) is 10.0. The van der Waals surface area contributed by atoms with Crippen LogP contribution < -0.4 is 16.0 Å². The van der Waals surface area contributed by atoms with E-state index in [4.69, 9.17) is 17.3 Å². The molecule has 0 bridgehead atoms. The van der Waals surface area contributed by atoms with Gasteiger partial charge in [-0.2, -0.15) is 0 Å². The lowest BCUT2D eigenvalue weighted by atomic mass is 9.88. The topological polar surface area (TPSA) is 95.7 Å². The first kappa shape index (κ1) is 17.4. The van der Waals surface area contributed by atoms with Gasteiger partial charge in [0.25, 0.3) is 5.91 Å². The maximum absolute atomic E-state index is 13.1. The minimum Gasteiger partial charge on any atom is -0.480 e. The zero-order chi connectivity index (χ0) is 19.1. The second-order valence-electron chi connectivity index (χ2n) is 6.68. The van der Waals surface area contributed by atoms with Gasteiger partial charge >= 0.3 is 5.97 Å². The molecular weight excluding hydrogens is 366 g/mol. The highest BCUT2D eigenvalue weighted by molar-refractivity contribution is 6.31. The van der Waals surface area contributed by atoms with Crippen molar-refractivity contribution in [1.82, 2.24) is 0 Å². The number of anilines is 3. The molecule has 1 atom stereocenters. The summed E-state index contributed by atoms with van der Waals surface area (Å²) in [6.07, 6.45) is 0.813. The Balaban J connectivity index is 1.76. The van der Waals surface area contributed by atoms with Gasteiger partial charge in [0, 0.05) is 46.2 Å². The van der Waals surface area contributed by atoms with Gasteiger partial charge in [-0.25, -0.2) is 4.79 Å². The van der Waals surface area contributed by atoms with E-state index in [0.717, 1.165) is 16.8 Å². The summed E-state index contributed by atoms with van der Waals surface area (Å²) in [7, 11) is 0. The summed E-state index contributed by atoms with van der Waals surface area (Å²) in [5, 5.41) is 13.0. The number of carbonyl (C=O) groups excluding carboxylic acids is 1. The third-order valence-corrected chi connectivity index (χ3v) is 5.24. The Bertz CT molecular complexity index is 969. The highest BCUT2D eigenvalue weighted by Crippen LogP contribution is 2.40. The van der Waals surface area contributed by atoms with Crippen molar-refractivity contribution >= 4 is 46.1 Å². The van der Waals surface area contributed by atoms with E-state index in [1.807, 2.05) is 18.2 Å². The van der Waals surface area contributed by atoms with Crippen LogP contribution in [0.25, 0.3) is 5.57 Å². The van der Waals surface area contributed by atoms with Gasteiger partial charge in [-0.3, -0.25) is 4.79 Å². The van der Waals surface area contributed by atoms with E-state index in [-0.39, 0.29) is 12.3 Å². The van der Waals surface area contributed by atoms with Crippen LogP contribution in [0.1, 0.15) is 18.4 Å². The summed E-state index contributed by atoms with van der Waals surface area (Å²) in [6, 6.07) is 11.6. The van der Waals surface area contributed by atoms with E-state index >= 15 is 0 Å². The number of nitrogens with zero attached hydrogens (tertiary/aromatic N) is 1. The maximum Gasteiger partial charge on any atom is 0.326 e. The standard InChI is InChI=1S/C20H18ClN3O3/c21-11-1-6-14-16(10-18(20(26)27)23-17(14)9-11)15-7-8-24(19(15)25)13-4-2-12(22)3-5-13/h1-6,9,18,23H,7-8,10,22H2,(H,26,27). The maximum atomic E-state index is 13.1. The smallest absolute Gasteiger partial charge is 0.326 e. The molecule has 0 radical (unpaired) electrons. The number of amides is 1. The predicted molar refractivity (Wildman–Crippen MR) is 106 cm³/mol. The Morgan fingerprint density at radius 2 is 1.93 bits per heavy atom. The third-order valence-electron chi connectivity index (χ3n) is 5.00. The molecule has 138 valence electrons. The summed E-state index contributed by atoms with van der Waals surface area (Å²) in [5.74, 6) is -1.05. The number of carboxylic acids is 1. The molecule has 7 heteroatoms. The lowest BCUT2D eigenvalue weighted by Gasteiger charge is -2.28. The Morgan fingerprint density at radius 1 is 1.19 bits per heavy atom. The van der Waals surface area contributed by atoms with Crippen molar-refractivity contribution in [3.8, 4) is 0 Å². The number of hydrogen-bond acceptors (Lipinski definition) is 4. The molecule has 2 aliphatic rings. The Labute approximate surface area is 161 Å². The second kappa shape index (κ2) is 6.63. The molecule has 1 amide bonds. The molecule has 6 nitrogen and oxygen atoms in total. The lowest BCUT2D eigenvalue weighted by molar-refractivity contribution is -0.137. The van der Waals surface area contributed by atoms with Gasteiger partial charge in [-0.15, -0.1) is 0 Å². The SMILES string of the molecule is Nc1ccc(N2CCC(=C3CC(C(=O)O)Nc4cc(Cl)ccc43)C2=O)cc1. The van der Waals surface area contributed by atoms with Crippen LogP contribution in [0.4, 0.5) is 17.1 Å². The molecule has 27 heavy (non-hydrogen) atoms. The minimum absolute atomic E-state index is 0.0956. The first-order chi connectivity index (χ1) is 12.9. The molecule has 1 saturated heterocycles. The van der Waals surface area contributed by atoms with Gasteiger partial charge in [0.05, 0.1) is 0 Å². The molecule has 1 unspecified atom stereocenters. The molecule has 0 aromatic heterocycles. The van der Waals surface area contributed by atoms with Gasteiger partial charge in [0.1, 0.15) is 6.04 Å². The number of nitrogens with two attached hydrogens (primary N) is 1. The Hall–Kier alpha value is -2.99. The van der Waals surface area contributed by atoms with Crippen molar-refractivity contribution in [2.24, 2.45) is 0 Å². The first-order valence-electron chi connectivity index (χ1n) is 8.63. The molecule has 2 aliphatic heterocycles. The monoisotopic (exact) mass is 383 g/mol. The van der Waals surface area contributed by atoms with Crippen LogP contribution in [0.15, 0.2) is 48.0 Å². The summed E-state index contributed by atoms with van der Waals surface area (Å²) >= 11 is 6.07. The fourth-order valence-electron chi connectivity index (χ4n) is 3.66. The average molecular weight is 384 g/mol. The second-order valence-corrected chi connectivity index (χ2v) is 7.12. The number of carboxylic acid groups (broad SMARTS) is 1. The van der Waals surface area contributed by atoms with Crippen LogP contribution in [0, 0.1) is 0 Å². The fraction of sp³-hybridized carbons (Fsp3) is 0.200. The number of carbonyl (C=O) groups is 2. The van der Waals surface area contributed by atoms with E-state index in [0.29, 0.717) is 34.9 Å². The summed E-state index contributed by atoms with van der Waals surface area (Å²) in [4.78, 5) is 26.4. The number of halogens is 1. The van der Waals surface area contributed by atoms with E-state index in [2.05, 4.69) is 5.32 Å². The number of rotatable bonds is 2. The van der Waals surface area contributed by atoms with Crippen molar-refractivity contribution in [2.75, 3.05) is 22.5 Å². The zero-order valence-corrected chi connectivity index (χ0v) is 15.2. The first-order valence-corrected chi connectivity index (χ1v) is 9.00. The molecule has 0 aliphatic carbocycles. The summed E-state index contributed by atoms with van der Waals surface area (Å²) in [6.45, 7) is 0.551. The average Bonchev–Trinajstić information content (AvgIpc) is 3.02. The quantitative estimate of drug-likeness (QED) is 0.545. The molecule has 4 N–H and O–H groups in total. The van der Waals surface area contributed by atoms with Crippen LogP contribution in [-0.4, -0.2) is 29.6 Å². The summed E-state index contributed by atoms with van der Waals surface area (Å²) < 4.78 is 0. The van der Waals surface area contributed by atoms with Crippen LogP contribution in [0.2, 0.25) is 5.02 Å². The van der Waals surface area contributed by atoms with Crippen LogP contribution in [-0.2, 0) is 9.59 Å². The fourth-order valence-corrected chi connectivity index (χ4v) is 3.83. The van der Waals surface area contributed by atoms with Crippen molar-refractivity contribution in [3.63, 3.8) is 0 Å². The Morgan fingerprint density at radius 3 is 2.63 bits per heavy atom. The highest BCUT2D eigenvalue weighted by atomic mass is 35.5. The minimum atomic E-state index is -0.959. The number of nitrogen functional groups attached to an aromatic ring is 1. The van der Waals surface area contributed by atoms with Gasteiger partial charge in [0.2, 0.25) is 0 Å². The molecule has 2 heterocycles. The number of fused-ring (bicyclic) bond motifs is 1. The molecule has 0 spiro atoms. The normalized spacial score (nSPS) is 21.7. The van der Waals surface area contributed by atoms with E-state index in [1.165, 1.54) is 0 Å². The highest BCUT2D eigenvalue weighted by Gasteiger charge is 2.35. The molecule has 0 saturated carbocycles. The van der Waals surface area contributed by atoms with E-state index < -0.39 is 12.0 Å². The number of aliphatic carboxylic acids is 1. The molecular formula is C20H18ClN3O3. The van der Waals surface area contributed by atoms with Crippen molar-refractivity contribution in [2.45, 2.75) is 18.9 Å². The Kier molecular flexibility index (Phi) is 4.28. The van der Waals surface area contributed by atoms with Gasteiger partial charge in [-0.05, 0) is 48.4 Å². The van der Waals surface area contributed by atoms with Crippen molar-refractivity contribution in [1.29, 1.82) is 0 Å². The number of nitrogens with one attached hydrogen (secondary N) is 1. The van der Waals surface area contributed by atoms with Crippen LogP contribution >= 0.6 is 11.6 Å². The largest absolute Gasteiger partial charge is 0.480 e. The molecule has 2 aromatic rings. The van der Waals surface area contributed by atoms with Crippen molar-refractivity contribution < 1.29 is 14.7 Å². The van der Waals surface area contributed by atoms with Gasteiger partial charge < -0.3 is 21.1 Å². The number of benzene rings is 2. The van der Waals surface area contributed by atoms with E-state index in [1.54, 1.807) is 29.2 Å². The van der Waals surface area contributed by atoms with Crippen molar-refractivity contribution in [3.05, 3.63) is 58.6 Å². The third kappa shape index (κ3) is 3.13. The van der Waals surface area contributed by atoms with Gasteiger partial charge in [0.15, 0.2) is 0 Å².